The zero-order chi connectivity index (χ0) is 19.0. The van der Waals surface area contributed by atoms with Crippen molar-refractivity contribution in [3.05, 3.63) is 23.8 Å². The number of rotatable bonds is 3. The molecule has 2 aliphatic carbocycles. The topological polar surface area (TPSA) is 93.2 Å². The van der Waals surface area contributed by atoms with E-state index in [-0.39, 0.29) is 23.1 Å². The molecule has 2 fully saturated rings. The summed E-state index contributed by atoms with van der Waals surface area (Å²) in [7, 11) is 0. The number of fused-ring (bicyclic) bond motifs is 2. The van der Waals surface area contributed by atoms with Gasteiger partial charge in [0, 0.05) is 17.3 Å². The Balaban J connectivity index is 1.68. The summed E-state index contributed by atoms with van der Waals surface area (Å²) in [6.45, 7) is 7.38. The standard InChI is InChI=1S/C19H28N4O3/c1-13-10-20-11-14(21-13)15(24)22-18-6-5-7-19(12-18,9-8-18)23-16(25)26-17(2,3)4/h10-11H,5-9,12H2,1-4H3,(H,22,24)(H,23,25). The molecule has 2 N–H and O–H groups in total. The molecule has 2 saturated carbocycles. The number of nitrogens with zero attached hydrogens (tertiary/aromatic N) is 2. The third-order valence-corrected chi connectivity index (χ3v) is 5.20. The minimum Gasteiger partial charge on any atom is -0.444 e. The predicted molar refractivity (Wildman–Crippen MR) is 96.8 cm³/mol. The van der Waals surface area contributed by atoms with Crippen molar-refractivity contribution in [2.45, 2.75) is 82.9 Å². The highest BCUT2D eigenvalue weighted by Crippen LogP contribution is 2.48. The van der Waals surface area contributed by atoms with Crippen molar-refractivity contribution in [2.75, 3.05) is 0 Å². The lowest BCUT2D eigenvalue weighted by Crippen LogP contribution is -2.55. The van der Waals surface area contributed by atoms with Gasteiger partial charge in [0.15, 0.2) is 0 Å². The smallest absolute Gasteiger partial charge is 0.408 e. The van der Waals surface area contributed by atoms with Gasteiger partial charge in [-0.2, -0.15) is 0 Å². The largest absolute Gasteiger partial charge is 0.444 e. The number of hydrogen-bond acceptors (Lipinski definition) is 5. The molecule has 2 amide bonds. The van der Waals surface area contributed by atoms with Gasteiger partial charge in [-0.15, -0.1) is 0 Å². The van der Waals surface area contributed by atoms with Crippen molar-refractivity contribution >= 4 is 12.0 Å². The highest BCUT2D eigenvalue weighted by Gasteiger charge is 2.52. The number of ether oxygens (including phenoxy) is 1. The van der Waals surface area contributed by atoms with E-state index in [9.17, 15) is 9.59 Å². The molecule has 1 aromatic rings. The molecule has 3 rings (SSSR count). The van der Waals surface area contributed by atoms with E-state index in [0.29, 0.717) is 11.4 Å². The zero-order valence-electron chi connectivity index (χ0n) is 16.0. The summed E-state index contributed by atoms with van der Waals surface area (Å²) >= 11 is 0. The fraction of sp³-hybridized carbons (Fsp3) is 0.684. The van der Waals surface area contributed by atoms with Gasteiger partial charge in [0.05, 0.1) is 11.9 Å². The Morgan fingerprint density at radius 3 is 2.35 bits per heavy atom. The molecule has 2 aliphatic rings. The molecule has 7 nitrogen and oxygen atoms in total. The van der Waals surface area contributed by atoms with Crippen molar-refractivity contribution in [1.82, 2.24) is 20.6 Å². The summed E-state index contributed by atoms with van der Waals surface area (Å²) in [5, 5.41) is 6.27. The van der Waals surface area contributed by atoms with Gasteiger partial charge in [-0.1, -0.05) is 0 Å². The SMILES string of the molecule is Cc1cncc(C(=O)NC23CCCC(NC(=O)OC(C)(C)C)(CC2)C3)n1. The second-order valence-corrected chi connectivity index (χ2v) is 8.72. The van der Waals surface area contributed by atoms with Crippen LogP contribution in [0.15, 0.2) is 12.4 Å². The maximum absolute atomic E-state index is 12.6. The molecule has 0 aliphatic heterocycles. The van der Waals surface area contributed by atoms with E-state index in [4.69, 9.17) is 4.74 Å². The highest BCUT2D eigenvalue weighted by atomic mass is 16.6. The van der Waals surface area contributed by atoms with E-state index in [0.717, 1.165) is 38.5 Å². The highest BCUT2D eigenvalue weighted by molar-refractivity contribution is 5.92. The summed E-state index contributed by atoms with van der Waals surface area (Å²) < 4.78 is 5.43. The Morgan fingerprint density at radius 2 is 1.73 bits per heavy atom. The second kappa shape index (κ2) is 6.52. The minimum absolute atomic E-state index is 0.198. The average molecular weight is 360 g/mol. The number of hydrogen-bond donors (Lipinski definition) is 2. The maximum Gasteiger partial charge on any atom is 0.408 e. The third-order valence-electron chi connectivity index (χ3n) is 5.20. The first-order valence-electron chi connectivity index (χ1n) is 9.23. The number of nitrogens with one attached hydrogen (secondary N) is 2. The molecule has 2 unspecified atom stereocenters. The van der Waals surface area contributed by atoms with E-state index in [1.807, 2.05) is 27.7 Å². The third kappa shape index (κ3) is 4.14. The average Bonchev–Trinajstić information content (AvgIpc) is 2.75. The molecule has 0 saturated heterocycles. The predicted octanol–water partition coefficient (Wildman–Crippen LogP) is 2.88. The van der Waals surface area contributed by atoms with Gasteiger partial charge >= 0.3 is 6.09 Å². The Hall–Kier alpha value is -2.18. The lowest BCUT2D eigenvalue weighted by atomic mass is 9.78. The van der Waals surface area contributed by atoms with Crippen LogP contribution in [0.25, 0.3) is 0 Å². The van der Waals surface area contributed by atoms with Gasteiger partial charge in [0.2, 0.25) is 0 Å². The number of carbonyl (C=O) groups excluding carboxylic acids is 2. The van der Waals surface area contributed by atoms with Crippen LogP contribution in [-0.4, -0.2) is 38.6 Å². The lowest BCUT2D eigenvalue weighted by Gasteiger charge is -2.40. The summed E-state index contributed by atoms with van der Waals surface area (Å²) in [6.07, 6.45) is 7.92. The van der Waals surface area contributed by atoms with Gasteiger partial charge in [-0.25, -0.2) is 9.78 Å². The Bertz CT molecular complexity index is 715. The van der Waals surface area contributed by atoms with Crippen LogP contribution in [0.4, 0.5) is 4.79 Å². The molecule has 7 heteroatoms. The summed E-state index contributed by atoms with van der Waals surface area (Å²) in [5.41, 5.74) is -0.0703. The quantitative estimate of drug-likeness (QED) is 0.864. The van der Waals surface area contributed by atoms with Crippen molar-refractivity contribution in [3.8, 4) is 0 Å². The number of aryl methyl sites for hydroxylation is 1. The van der Waals surface area contributed by atoms with E-state index >= 15 is 0 Å². The monoisotopic (exact) mass is 360 g/mol. The van der Waals surface area contributed by atoms with Gasteiger partial charge < -0.3 is 15.4 Å². The van der Waals surface area contributed by atoms with Gasteiger partial charge in [-0.3, -0.25) is 9.78 Å². The molecule has 2 atom stereocenters. The fourth-order valence-corrected chi connectivity index (χ4v) is 4.23. The van der Waals surface area contributed by atoms with E-state index < -0.39 is 5.60 Å². The number of amides is 2. The molecule has 26 heavy (non-hydrogen) atoms. The Labute approximate surface area is 154 Å². The minimum atomic E-state index is -0.525. The Morgan fingerprint density at radius 1 is 1.08 bits per heavy atom. The molecule has 0 spiro atoms. The van der Waals surface area contributed by atoms with Crippen LogP contribution in [0, 0.1) is 6.92 Å². The molecule has 1 aromatic heterocycles. The van der Waals surface area contributed by atoms with Gasteiger partial charge in [0.1, 0.15) is 11.3 Å². The van der Waals surface area contributed by atoms with Crippen LogP contribution in [-0.2, 0) is 4.74 Å². The number of carbonyl (C=O) groups is 2. The molecule has 2 bridgehead atoms. The van der Waals surface area contributed by atoms with Crippen LogP contribution >= 0.6 is 0 Å². The molecule has 0 radical (unpaired) electrons. The summed E-state index contributed by atoms with van der Waals surface area (Å²) in [4.78, 5) is 33.2. The summed E-state index contributed by atoms with van der Waals surface area (Å²) in [6, 6.07) is 0. The summed E-state index contributed by atoms with van der Waals surface area (Å²) in [5.74, 6) is -0.198. The first-order chi connectivity index (χ1) is 12.1. The van der Waals surface area contributed by atoms with Crippen LogP contribution < -0.4 is 10.6 Å². The van der Waals surface area contributed by atoms with Gasteiger partial charge in [-0.05, 0) is 66.2 Å². The second-order valence-electron chi connectivity index (χ2n) is 8.72. The maximum atomic E-state index is 12.6. The molecule has 142 valence electrons. The van der Waals surface area contributed by atoms with E-state index in [1.54, 1.807) is 6.20 Å². The fourth-order valence-electron chi connectivity index (χ4n) is 4.23. The molecular weight excluding hydrogens is 332 g/mol. The van der Waals surface area contributed by atoms with Crippen molar-refractivity contribution < 1.29 is 14.3 Å². The molecule has 1 heterocycles. The van der Waals surface area contributed by atoms with Crippen LogP contribution in [0.5, 0.6) is 0 Å². The van der Waals surface area contributed by atoms with Gasteiger partial charge in [0.25, 0.3) is 5.91 Å². The van der Waals surface area contributed by atoms with E-state index in [2.05, 4.69) is 20.6 Å². The van der Waals surface area contributed by atoms with Crippen LogP contribution in [0.2, 0.25) is 0 Å². The van der Waals surface area contributed by atoms with Crippen LogP contribution in [0.1, 0.15) is 75.5 Å². The van der Waals surface area contributed by atoms with E-state index in [1.165, 1.54) is 6.20 Å². The van der Waals surface area contributed by atoms with Crippen molar-refractivity contribution in [2.24, 2.45) is 0 Å². The number of aromatic nitrogens is 2. The van der Waals surface area contributed by atoms with Crippen molar-refractivity contribution in [1.29, 1.82) is 0 Å². The Kier molecular flexibility index (Phi) is 4.67. The normalized spacial score (nSPS) is 27.7. The number of alkyl carbamates (subject to hydrolysis) is 1. The van der Waals surface area contributed by atoms with Crippen LogP contribution in [0.3, 0.4) is 0 Å². The molecular formula is C19H28N4O3. The first-order valence-corrected chi connectivity index (χ1v) is 9.23. The lowest BCUT2D eigenvalue weighted by molar-refractivity contribution is 0.0428. The first kappa shape index (κ1) is 18.6. The van der Waals surface area contributed by atoms with Crippen molar-refractivity contribution in [3.63, 3.8) is 0 Å². The molecule has 0 aromatic carbocycles. The zero-order valence-corrected chi connectivity index (χ0v) is 16.0.